The molecule has 1 aliphatic carbocycles. The topological polar surface area (TPSA) is 77.6 Å². The first-order chi connectivity index (χ1) is 14.0. The van der Waals surface area contributed by atoms with Gasteiger partial charge in [0.15, 0.2) is 23.1 Å². The van der Waals surface area contributed by atoms with Crippen LogP contribution in [-0.2, 0) is 9.59 Å². The van der Waals surface area contributed by atoms with Crippen LogP contribution in [0, 0.1) is 5.82 Å². The third kappa shape index (κ3) is 2.95. The fourth-order valence-electron chi connectivity index (χ4n) is 3.72. The van der Waals surface area contributed by atoms with E-state index >= 15 is 0 Å². The average molecular weight is 395 g/mol. The number of nitrogens with one attached hydrogen (secondary N) is 1. The number of benzene rings is 2. The van der Waals surface area contributed by atoms with Crippen molar-refractivity contribution in [2.75, 3.05) is 21.3 Å². The molecule has 6 nitrogen and oxygen atoms in total. The maximum Gasteiger partial charge on any atom is 0.203 e. The molecule has 3 aromatic rings. The fraction of sp³-hybridized carbons (Fsp3) is 0.182. The molecule has 7 heteroatoms. The number of ketones is 2. The molecule has 0 amide bonds. The Hall–Kier alpha value is -3.61. The van der Waals surface area contributed by atoms with Crippen LogP contribution in [0.15, 0.2) is 36.5 Å². The summed E-state index contributed by atoms with van der Waals surface area (Å²) in [6.45, 7) is 0. The standard InChI is InChI=1S/C22H18FNO5/c1-27-18-6-11(7-19(28-2)22(18)29-3)20-16(25)9-17(26)21(20)14-10-24-15-5-4-12(23)8-13(14)15/h4-8,10,24H,9H2,1-3H3. The molecule has 2 aromatic carbocycles. The smallest absolute Gasteiger partial charge is 0.203 e. The lowest BCUT2D eigenvalue weighted by molar-refractivity contribution is -0.119. The molecule has 29 heavy (non-hydrogen) atoms. The Labute approximate surface area is 165 Å². The van der Waals surface area contributed by atoms with Gasteiger partial charge in [-0.15, -0.1) is 0 Å². The van der Waals surface area contributed by atoms with Crippen molar-refractivity contribution in [2.24, 2.45) is 0 Å². The van der Waals surface area contributed by atoms with Gasteiger partial charge in [0.2, 0.25) is 5.75 Å². The summed E-state index contributed by atoms with van der Waals surface area (Å²) in [6, 6.07) is 7.52. The molecule has 0 bridgehead atoms. The van der Waals surface area contributed by atoms with E-state index in [2.05, 4.69) is 4.98 Å². The molecular weight excluding hydrogens is 377 g/mol. The quantitative estimate of drug-likeness (QED) is 0.665. The number of carbonyl (C=O) groups is 2. The summed E-state index contributed by atoms with van der Waals surface area (Å²) in [6.07, 6.45) is 1.37. The highest BCUT2D eigenvalue weighted by atomic mass is 19.1. The zero-order valence-electron chi connectivity index (χ0n) is 16.1. The first kappa shape index (κ1) is 18.7. The van der Waals surface area contributed by atoms with Crippen LogP contribution in [0.1, 0.15) is 17.5 Å². The number of hydrogen-bond acceptors (Lipinski definition) is 5. The Kier molecular flexibility index (Phi) is 4.58. The van der Waals surface area contributed by atoms with E-state index in [0.29, 0.717) is 39.3 Å². The van der Waals surface area contributed by atoms with Crippen molar-refractivity contribution in [1.29, 1.82) is 0 Å². The van der Waals surface area contributed by atoms with Crippen molar-refractivity contribution in [3.8, 4) is 17.2 Å². The number of aromatic amines is 1. The van der Waals surface area contributed by atoms with Gasteiger partial charge in [0.1, 0.15) is 5.82 Å². The number of carbonyl (C=O) groups excluding carboxylic acids is 2. The minimum Gasteiger partial charge on any atom is -0.493 e. The molecule has 0 spiro atoms. The molecule has 1 N–H and O–H groups in total. The van der Waals surface area contributed by atoms with E-state index in [1.165, 1.54) is 33.5 Å². The Morgan fingerprint density at radius 2 is 1.55 bits per heavy atom. The number of methoxy groups -OCH3 is 3. The van der Waals surface area contributed by atoms with Gasteiger partial charge in [-0.2, -0.15) is 0 Å². The molecule has 4 rings (SSSR count). The first-order valence-corrected chi connectivity index (χ1v) is 8.86. The van der Waals surface area contributed by atoms with Crippen molar-refractivity contribution in [3.63, 3.8) is 0 Å². The van der Waals surface area contributed by atoms with E-state index in [4.69, 9.17) is 14.2 Å². The lowest BCUT2D eigenvalue weighted by Crippen LogP contribution is -2.00. The lowest BCUT2D eigenvalue weighted by Gasteiger charge is -2.15. The monoisotopic (exact) mass is 395 g/mol. The van der Waals surface area contributed by atoms with Gasteiger partial charge in [-0.25, -0.2) is 4.39 Å². The predicted octanol–water partition coefficient (Wildman–Crippen LogP) is 3.79. The van der Waals surface area contributed by atoms with Gasteiger partial charge in [0, 0.05) is 33.8 Å². The van der Waals surface area contributed by atoms with Crippen molar-refractivity contribution < 1.29 is 28.2 Å². The van der Waals surface area contributed by atoms with Gasteiger partial charge in [-0.1, -0.05) is 0 Å². The van der Waals surface area contributed by atoms with Gasteiger partial charge in [-0.3, -0.25) is 9.59 Å². The predicted molar refractivity (Wildman–Crippen MR) is 106 cm³/mol. The molecule has 1 heterocycles. The number of allylic oxidation sites excluding steroid dienone is 2. The normalized spacial score (nSPS) is 14.1. The summed E-state index contributed by atoms with van der Waals surface area (Å²) in [5.41, 5.74) is 2.13. The second-order valence-corrected chi connectivity index (χ2v) is 6.58. The second-order valence-electron chi connectivity index (χ2n) is 6.58. The molecule has 1 aromatic heterocycles. The molecule has 0 saturated heterocycles. The van der Waals surface area contributed by atoms with Crippen LogP contribution >= 0.6 is 0 Å². The number of rotatable bonds is 5. The van der Waals surface area contributed by atoms with E-state index in [-0.39, 0.29) is 29.1 Å². The summed E-state index contributed by atoms with van der Waals surface area (Å²) in [7, 11) is 4.43. The largest absolute Gasteiger partial charge is 0.493 e. The van der Waals surface area contributed by atoms with Crippen LogP contribution in [0.5, 0.6) is 17.2 Å². The zero-order chi connectivity index (χ0) is 20.7. The Balaban J connectivity index is 2.01. The zero-order valence-corrected chi connectivity index (χ0v) is 16.1. The van der Waals surface area contributed by atoms with Crippen LogP contribution in [0.4, 0.5) is 4.39 Å². The van der Waals surface area contributed by atoms with E-state index < -0.39 is 5.82 Å². The second kappa shape index (κ2) is 7.09. The van der Waals surface area contributed by atoms with Crippen molar-refractivity contribution in [3.05, 3.63) is 53.5 Å². The molecule has 0 radical (unpaired) electrons. The van der Waals surface area contributed by atoms with Crippen LogP contribution < -0.4 is 14.2 Å². The van der Waals surface area contributed by atoms with Gasteiger partial charge >= 0.3 is 0 Å². The van der Waals surface area contributed by atoms with Crippen molar-refractivity contribution >= 4 is 33.6 Å². The number of aromatic nitrogens is 1. The Morgan fingerprint density at radius 1 is 0.897 bits per heavy atom. The number of hydrogen-bond donors (Lipinski definition) is 1. The molecule has 0 atom stereocenters. The SMILES string of the molecule is COc1cc(C2=C(c3c[nH]c4ccc(F)cc34)C(=O)CC2=O)cc(OC)c1OC. The first-order valence-electron chi connectivity index (χ1n) is 8.86. The highest BCUT2D eigenvalue weighted by molar-refractivity contribution is 6.51. The number of fused-ring (bicyclic) bond motifs is 1. The minimum atomic E-state index is -0.426. The van der Waals surface area contributed by atoms with Gasteiger partial charge < -0.3 is 19.2 Å². The molecule has 0 saturated carbocycles. The minimum absolute atomic E-state index is 0.247. The molecule has 0 aliphatic heterocycles. The number of halogens is 1. The third-order valence-electron chi connectivity index (χ3n) is 5.00. The molecule has 148 valence electrons. The highest BCUT2D eigenvalue weighted by Crippen LogP contribution is 2.44. The van der Waals surface area contributed by atoms with E-state index in [0.717, 1.165) is 0 Å². The highest BCUT2D eigenvalue weighted by Gasteiger charge is 2.34. The summed E-state index contributed by atoms with van der Waals surface area (Å²) in [4.78, 5) is 28.6. The molecule has 0 unspecified atom stereocenters. The van der Waals surface area contributed by atoms with Gasteiger partial charge in [-0.05, 0) is 35.9 Å². The molecular formula is C22H18FNO5. The van der Waals surface area contributed by atoms with Crippen molar-refractivity contribution in [1.82, 2.24) is 4.98 Å². The molecule has 0 fully saturated rings. The lowest BCUT2D eigenvalue weighted by atomic mass is 9.95. The van der Waals surface area contributed by atoms with Gasteiger partial charge in [0.05, 0.1) is 27.8 Å². The Morgan fingerprint density at radius 3 is 2.17 bits per heavy atom. The Bertz CT molecular complexity index is 1170. The number of H-pyrrole nitrogens is 1. The van der Waals surface area contributed by atoms with Gasteiger partial charge in [0.25, 0.3) is 0 Å². The van der Waals surface area contributed by atoms with Crippen LogP contribution in [0.2, 0.25) is 0 Å². The van der Waals surface area contributed by atoms with E-state index in [9.17, 15) is 14.0 Å². The third-order valence-corrected chi connectivity index (χ3v) is 5.00. The maximum absolute atomic E-state index is 13.8. The summed E-state index contributed by atoms with van der Waals surface area (Å²) in [5, 5.41) is 0.535. The molecule has 1 aliphatic rings. The number of ether oxygens (including phenoxy) is 3. The fourth-order valence-corrected chi connectivity index (χ4v) is 3.72. The summed E-state index contributed by atoms with van der Waals surface area (Å²) < 4.78 is 29.9. The van der Waals surface area contributed by atoms with Crippen molar-refractivity contribution in [2.45, 2.75) is 6.42 Å². The van der Waals surface area contributed by atoms with E-state index in [1.807, 2.05) is 0 Å². The van der Waals surface area contributed by atoms with Crippen LogP contribution in [0.25, 0.3) is 22.0 Å². The summed E-state index contributed by atoms with van der Waals surface area (Å²) in [5.74, 6) is 0.0578. The maximum atomic E-state index is 13.8. The average Bonchev–Trinajstić information content (AvgIpc) is 3.25. The van der Waals surface area contributed by atoms with Crippen LogP contribution in [0.3, 0.4) is 0 Å². The number of Topliss-reactive ketones (excluding diaryl/α,β-unsaturated/α-hetero) is 2. The van der Waals surface area contributed by atoms with Crippen LogP contribution in [-0.4, -0.2) is 37.9 Å². The summed E-state index contributed by atoms with van der Waals surface area (Å²) >= 11 is 0. The van der Waals surface area contributed by atoms with E-state index in [1.54, 1.807) is 24.4 Å².